The first-order valence-corrected chi connectivity index (χ1v) is 13.8. The van der Waals surface area contributed by atoms with Gasteiger partial charge in [0.2, 0.25) is 0 Å². The molecule has 0 amide bonds. The molecule has 1 heterocycles. The topological polar surface area (TPSA) is 99.1 Å². The first kappa shape index (κ1) is 27.2. The van der Waals surface area contributed by atoms with Gasteiger partial charge in [-0.1, -0.05) is 18.2 Å². The minimum atomic E-state index is -5.96. The zero-order valence-electron chi connectivity index (χ0n) is 20.2. The van der Waals surface area contributed by atoms with Crippen molar-refractivity contribution < 1.29 is 40.8 Å². The molecule has 0 saturated carbocycles. The van der Waals surface area contributed by atoms with E-state index in [2.05, 4.69) is 4.74 Å². The molecule has 1 aliphatic rings. The van der Waals surface area contributed by atoms with Crippen molar-refractivity contribution in [3.05, 3.63) is 84.4 Å². The number of benzene rings is 3. The van der Waals surface area contributed by atoms with Gasteiger partial charge in [0.1, 0.15) is 5.75 Å². The zero-order chi connectivity index (χ0) is 27.1. The quantitative estimate of drug-likeness (QED) is 0.187. The Morgan fingerprint density at radius 3 is 1.92 bits per heavy atom. The summed E-state index contributed by atoms with van der Waals surface area (Å²) in [7, 11) is -6.57. The second kappa shape index (κ2) is 9.80. The number of hydrogen-bond acceptors (Lipinski definition) is 6. The van der Waals surface area contributed by atoms with Crippen molar-refractivity contribution in [2.45, 2.75) is 52.1 Å². The molecule has 196 valence electrons. The Labute approximate surface area is 216 Å². The maximum absolute atomic E-state index is 13.5. The van der Waals surface area contributed by atoms with Gasteiger partial charge >= 0.3 is 21.3 Å². The van der Waals surface area contributed by atoms with Crippen LogP contribution in [0.3, 0.4) is 0 Å². The Balaban J connectivity index is 1.63. The molecule has 1 saturated heterocycles. The summed E-state index contributed by atoms with van der Waals surface area (Å²) in [6, 6.07) is 23.2. The second-order valence-corrected chi connectivity index (χ2v) is 12.6. The molecular formula is C26H25F2O7S2+. The molecule has 3 aromatic rings. The molecule has 0 bridgehead atoms. The predicted molar refractivity (Wildman–Crippen MR) is 132 cm³/mol. The van der Waals surface area contributed by atoms with Gasteiger partial charge in [-0.3, -0.25) is 4.55 Å². The number of rotatable bonds is 7. The van der Waals surface area contributed by atoms with Crippen LogP contribution in [0.25, 0.3) is 0 Å². The molecule has 2 unspecified atom stereocenters. The van der Waals surface area contributed by atoms with Gasteiger partial charge in [0.05, 0.1) is 23.1 Å². The Morgan fingerprint density at radius 2 is 1.43 bits per heavy atom. The lowest BCUT2D eigenvalue weighted by molar-refractivity contribution is -0.176. The molecule has 1 fully saturated rings. The summed E-state index contributed by atoms with van der Waals surface area (Å²) in [5.41, 5.74) is 0.457. The summed E-state index contributed by atoms with van der Waals surface area (Å²) in [5.74, 6) is -3.56. The maximum atomic E-state index is 13.5. The van der Waals surface area contributed by atoms with Gasteiger partial charge in [-0.15, -0.1) is 0 Å². The van der Waals surface area contributed by atoms with Crippen LogP contribution < -0.4 is 4.74 Å². The Hall–Kier alpha value is -2.83. The number of esters is 1. The largest absolute Gasteiger partial charge is 0.466 e. The standard InChI is InChI=1S/C26H24F2O7S2/c1-24(2)17-33-25(3,35-24)18-9-13-21(14-10-18)36(20-7-5-4-6-8-20)22-15-11-19(12-16-22)34-23(29)26(27,28)37(30,31)32/h4-16H,17H2,1-3H3/p+1. The predicted octanol–water partition coefficient (Wildman–Crippen LogP) is 5.17. The molecule has 11 heteroatoms. The van der Waals surface area contributed by atoms with E-state index in [9.17, 15) is 22.0 Å². The lowest BCUT2D eigenvalue weighted by Crippen LogP contribution is -2.40. The van der Waals surface area contributed by atoms with Crippen LogP contribution in [0.15, 0.2) is 93.5 Å². The SMILES string of the molecule is CC1(C)COC(C)(c2ccc([S+](c3ccccc3)c3ccc(OC(=O)C(F)(F)S(=O)(=O)O)cc3)cc2)O1. The number of carbonyl (C=O) groups excluding carboxylic acids is 1. The molecule has 1 aliphatic heterocycles. The minimum absolute atomic E-state index is 0.296. The van der Waals surface area contributed by atoms with Crippen LogP contribution >= 0.6 is 0 Å². The summed E-state index contributed by atoms with van der Waals surface area (Å²) in [4.78, 5) is 14.4. The van der Waals surface area contributed by atoms with Gasteiger partial charge in [-0.05, 0) is 81.4 Å². The van der Waals surface area contributed by atoms with Crippen LogP contribution in [0.5, 0.6) is 5.75 Å². The van der Waals surface area contributed by atoms with Crippen molar-refractivity contribution >= 4 is 27.0 Å². The van der Waals surface area contributed by atoms with E-state index in [1.165, 1.54) is 12.1 Å². The van der Waals surface area contributed by atoms with Crippen molar-refractivity contribution in [2.75, 3.05) is 6.61 Å². The molecule has 0 aliphatic carbocycles. The van der Waals surface area contributed by atoms with Gasteiger partial charge in [-0.2, -0.15) is 17.2 Å². The number of hydrogen-bond donors (Lipinski definition) is 1. The second-order valence-electron chi connectivity index (χ2n) is 9.09. The van der Waals surface area contributed by atoms with Crippen LogP contribution in [-0.4, -0.2) is 36.4 Å². The van der Waals surface area contributed by atoms with Crippen molar-refractivity contribution in [3.8, 4) is 5.75 Å². The van der Waals surface area contributed by atoms with E-state index < -0.39 is 43.6 Å². The summed E-state index contributed by atoms with van der Waals surface area (Å²) >= 11 is 0. The smallest absolute Gasteiger partial charge is 0.421 e. The number of carbonyl (C=O) groups is 1. The van der Waals surface area contributed by atoms with E-state index >= 15 is 0 Å². The summed E-state index contributed by atoms with van der Waals surface area (Å²) in [6.07, 6.45) is 0. The highest BCUT2D eigenvalue weighted by molar-refractivity contribution is 7.97. The van der Waals surface area contributed by atoms with Gasteiger partial charge < -0.3 is 14.2 Å². The molecular weight excluding hydrogens is 526 g/mol. The Morgan fingerprint density at radius 1 is 0.919 bits per heavy atom. The van der Waals surface area contributed by atoms with Crippen molar-refractivity contribution in [1.82, 2.24) is 0 Å². The first-order valence-electron chi connectivity index (χ1n) is 11.1. The van der Waals surface area contributed by atoms with E-state index in [1.807, 2.05) is 75.4 Å². The Kier molecular flexibility index (Phi) is 7.21. The number of ether oxygens (including phenoxy) is 3. The third-order valence-electron chi connectivity index (χ3n) is 5.59. The third-order valence-corrected chi connectivity index (χ3v) is 8.64. The van der Waals surface area contributed by atoms with Crippen molar-refractivity contribution in [2.24, 2.45) is 0 Å². The molecule has 1 N–H and O–H groups in total. The average Bonchev–Trinajstić information content (AvgIpc) is 3.14. The highest BCUT2D eigenvalue weighted by Gasteiger charge is 2.54. The molecule has 3 aromatic carbocycles. The molecule has 0 aromatic heterocycles. The summed E-state index contributed by atoms with van der Waals surface area (Å²) in [6.45, 7) is 6.26. The van der Waals surface area contributed by atoms with Gasteiger partial charge in [0.25, 0.3) is 0 Å². The van der Waals surface area contributed by atoms with Gasteiger partial charge in [0, 0.05) is 5.56 Å². The van der Waals surface area contributed by atoms with E-state index in [4.69, 9.17) is 14.0 Å². The summed E-state index contributed by atoms with van der Waals surface area (Å²) in [5, 5.41) is -5.08. The molecule has 0 radical (unpaired) electrons. The van der Waals surface area contributed by atoms with E-state index in [0.717, 1.165) is 20.2 Å². The van der Waals surface area contributed by atoms with Crippen LogP contribution in [0, 0.1) is 0 Å². The highest BCUT2D eigenvalue weighted by atomic mass is 32.2. The lowest BCUT2D eigenvalue weighted by Gasteiger charge is -2.26. The number of halogens is 2. The molecule has 37 heavy (non-hydrogen) atoms. The Bertz CT molecular complexity index is 1380. The molecule has 7 nitrogen and oxygen atoms in total. The zero-order valence-corrected chi connectivity index (χ0v) is 21.8. The lowest BCUT2D eigenvalue weighted by atomic mass is 10.1. The fraction of sp³-hybridized carbons (Fsp3) is 0.269. The van der Waals surface area contributed by atoms with Gasteiger partial charge in [0.15, 0.2) is 20.5 Å². The molecule has 0 spiro atoms. The normalized spacial score (nSPS) is 20.4. The van der Waals surface area contributed by atoms with Crippen molar-refractivity contribution in [3.63, 3.8) is 0 Å². The van der Waals surface area contributed by atoms with Crippen LogP contribution in [0.2, 0.25) is 0 Å². The van der Waals surface area contributed by atoms with Crippen molar-refractivity contribution in [1.29, 1.82) is 0 Å². The maximum Gasteiger partial charge on any atom is 0.466 e. The first-order chi connectivity index (χ1) is 17.2. The van der Waals surface area contributed by atoms with E-state index in [0.29, 0.717) is 6.61 Å². The van der Waals surface area contributed by atoms with Crippen LogP contribution in [-0.2, 0) is 41.1 Å². The molecule has 2 atom stereocenters. The monoisotopic (exact) mass is 551 g/mol. The average molecular weight is 552 g/mol. The van der Waals surface area contributed by atoms with E-state index in [1.54, 1.807) is 12.1 Å². The third kappa shape index (κ3) is 5.70. The summed E-state index contributed by atoms with van der Waals surface area (Å²) < 4.78 is 73.8. The van der Waals surface area contributed by atoms with Crippen LogP contribution in [0.1, 0.15) is 26.3 Å². The highest BCUT2D eigenvalue weighted by Crippen LogP contribution is 2.40. The van der Waals surface area contributed by atoms with Gasteiger partial charge in [-0.25, -0.2) is 4.79 Å². The fourth-order valence-electron chi connectivity index (χ4n) is 3.81. The number of alkyl halides is 2. The van der Waals surface area contributed by atoms with E-state index in [-0.39, 0.29) is 5.75 Å². The minimum Gasteiger partial charge on any atom is -0.421 e. The molecule has 4 rings (SSSR count). The van der Waals surface area contributed by atoms with Crippen LogP contribution in [0.4, 0.5) is 8.78 Å². The fourth-order valence-corrected chi connectivity index (χ4v) is 6.13.